The number of carbonyl (C=O) groups is 1. The molecule has 1 fully saturated rings. The number of thiazole rings is 1. The minimum Gasteiger partial charge on any atom is -0.319 e. The summed E-state index contributed by atoms with van der Waals surface area (Å²) in [6, 6.07) is 14.6. The van der Waals surface area contributed by atoms with Gasteiger partial charge in [-0.3, -0.25) is 4.79 Å². The topological polar surface area (TPSA) is 46.4 Å². The Balaban J connectivity index is 1.50. The van der Waals surface area contributed by atoms with Crippen molar-refractivity contribution in [3.8, 4) is 0 Å². The number of para-hydroxylation sites is 2. The largest absolute Gasteiger partial charge is 0.319 e. The molecule has 2 atom stereocenters. The zero-order chi connectivity index (χ0) is 17.9. The summed E-state index contributed by atoms with van der Waals surface area (Å²) in [6.45, 7) is 1.26. The maximum Gasteiger partial charge on any atom is 0.279 e. The van der Waals surface area contributed by atoms with Crippen molar-refractivity contribution < 1.29 is 14.1 Å². The highest BCUT2D eigenvalue weighted by atomic mass is 32.1. The zero-order valence-corrected chi connectivity index (χ0v) is 15.2. The lowest BCUT2D eigenvalue weighted by molar-refractivity contribution is -0.929. The van der Waals surface area contributed by atoms with Gasteiger partial charge in [0.2, 0.25) is 0 Å². The molecule has 2 heterocycles. The van der Waals surface area contributed by atoms with Crippen molar-refractivity contribution in [1.29, 1.82) is 0 Å². The van der Waals surface area contributed by atoms with E-state index in [0.717, 1.165) is 36.3 Å². The third-order valence-electron chi connectivity index (χ3n) is 4.88. The van der Waals surface area contributed by atoms with Crippen molar-refractivity contribution >= 4 is 33.1 Å². The quantitative estimate of drug-likeness (QED) is 0.741. The SMILES string of the molecule is O=C(C[NH+]1CCCC[C@H]1c1nc2ccccc2s1)Nc1ccccc1F. The van der Waals surface area contributed by atoms with Crippen LogP contribution in [-0.4, -0.2) is 24.0 Å². The van der Waals surface area contributed by atoms with Gasteiger partial charge in [0.25, 0.3) is 5.91 Å². The number of carbonyl (C=O) groups excluding carboxylic acids is 1. The van der Waals surface area contributed by atoms with E-state index in [1.807, 2.05) is 18.2 Å². The van der Waals surface area contributed by atoms with Crippen LogP contribution in [0.3, 0.4) is 0 Å². The minimum absolute atomic E-state index is 0.155. The molecule has 3 aromatic rings. The fraction of sp³-hybridized carbons (Fsp3) is 0.300. The number of hydrogen-bond donors (Lipinski definition) is 2. The fourth-order valence-electron chi connectivity index (χ4n) is 3.59. The smallest absolute Gasteiger partial charge is 0.279 e. The van der Waals surface area contributed by atoms with E-state index >= 15 is 0 Å². The molecule has 1 amide bonds. The van der Waals surface area contributed by atoms with Crippen molar-refractivity contribution in [3.63, 3.8) is 0 Å². The summed E-state index contributed by atoms with van der Waals surface area (Å²) < 4.78 is 14.9. The third-order valence-corrected chi connectivity index (χ3v) is 6.03. The van der Waals surface area contributed by atoms with E-state index in [1.165, 1.54) is 15.7 Å². The van der Waals surface area contributed by atoms with E-state index < -0.39 is 5.82 Å². The van der Waals surface area contributed by atoms with Crippen molar-refractivity contribution in [1.82, 2.24) is 4.98 Å². The number of hydrogen-bond acceptors (Lipinski definition) is 3. The number of likely N-dealkylation sites (tertiary alicyclic amines) is 1. The second-order valence-corrected chi connectivity index (χ2v) is 7.74. The summed E-state index contributed by atoms with van der Waals surface area (Å²) in [4.78, 5) is 18.5. The van der Waals surface area contributed by atoms with Crippen LogP contribution in [0.2, 0.25) is 0 Å². The molecule has 134 valence electrons. The molecule has 0 spiro atoms. The van der Waals surface area contributed by atoms with Crippen LogP contribution in [-0.2, 0) is 4.79 Å². The Morgan fingerprint density at radius 2 is 2.00 bits per heavy atom. The number of rotatable bonds is 4. The Hall–Kier alpha value is -2.31. The Labute approximate surface area is 155 Å². The number of piperidine rings is 1. The molecule has 26 heavy (non-hydrogen) atoms. The molecular formula is C20H21FN3OS+. The van der Waals surface area contributed by atoms with Gasteiger partial charge in [-0.2, -0.15) is 0 Å². The van der Waals surface area contributed by atoms with Crippen LogP contribution in [0.1, 0.15) is 30.3 Å². The number of fused-ring (bicyclic) bond motifs is 1. The highest BCUT2D eigenvalue weighted by Gasteiger charge is 2.32. The van der Waals surface area contributed by atoms with Crippen LogP contribution >= 0.6 is 11.3 Å². The van der Waals surface area contributed by atoms with Gasteiger partial charge in [0.05, 0.1) is 22.4 Å². The van der Waals surface area contributed by atoms with Gasteiger partial charge in [-0.1, -0.05) is 24.3 Å². The van der Waals surface area contributed by atoms with E-state index in [1.54, 1.807) is 29.5 Å². The van der Waals surface area contributed by atoms with Gasteiger partial charge < -0.3 is 10.2 Å². The summed E-state index contributed by atoms with van der Waals surface area (Å²) in [5.41, 5.74) is 1.26. The first-order valence-corrected chi connectivity index (χ1v) is 9.77. The molecule has 1 aliphatic rings. The minimum atomic E-state index is -0.405. The second-order valence-electron chi connectivity index (χ2n) is 6.68. The number of quaternary nitrogens is 1. The predicted molar refractivity (Wildman–Crippen MR) is 102 cm³/mol. The lowest BCUT2D eigenvalue weighted by atomic mass is 10.0. The summed E-state index contributed by atoms with van der Waals surface area (Å²) in [5, 5.41) is 3.80. The molecule has 2 N–H and O–H groups in total. The molecule has 4 nitrogen and oxygen atoms in total. The van der Waals surface area contributed by atoms with Gasteiger partial charge in [0.1, 0.15) is 11.9 Å². The van der Waals surface area contributed by atoms with Crippen molar-refractivity contribution in [3.05, 3.63) is 59.4 Å². The Morgan fingerprint density at radius 1 is 1.19 bits per heavy atom. The fourth-order valence-corrected chi connectivity index (χ4v) is 4.75. The molecule has 2 aromatic carbocycles. The van der Waals surface area contributed by atoms with E-state index in [4.69, 9.17) is 4.98 Å². The summed E-state index contributed by atoms with van der Waals surface area (Å²) in [6.07, 6.45) is 3.28. The molecule has 6 heteroatoms. The Bertz CT molecular complexity index is 893. The number of anilines is 1. The van der Waals surface area contributed by atoms with Crippen LogP contribution in [0.4, 0.5) is 10.1 Å². The Morgan fingerprint density at radius 3 is 2.85 bits per heavy atom. The van der Waals surface area contributed by atoms with E-state index in [0.29, 0.717) is 6.54 Å². The summed E-state index contributed by atoms with van der Waals surface area (Å²) >= 11 is 1.72. The van der Waals surface area contributed by atoms with Crippen molar-refractivity contribution in [2.24, 2.45) is 0 Å². The highest BCUT2D eigenvalue weighted by molar-refractivity contribution is 7.18. The molecule has 1 unspecified atom stereocenters. The van der Waals surface area contributed by atoms with E-state index in [2.05, 4.69) is 11.4 Å². The first kappa shape index (κ1) is 17.1. The molecule has 0 radical (unpaired) electrons. The van der Waals surface area contributed by atoms with Gasteiger partial charge in [0, 0.05) is 6.42 Å². The first-order valence-electron chi connectivity index (χ1n) is 8.95. The highest BCUT2D eigenvalue weighted by Crippen LogP contribution is 2.28. The van der Waals surface area contributed by atoms with Gasteiger partial charge in [-0.15, -0.1) is 11.3 Å². The number of nitrogens with zero attached hydrogens (tertiary/aromatic N) is 1. The molecule has 0 saturated carbocycles. The number of nitrogens with one attached hydrogen (secondary N) is 2. The average Bonchev–Trinajstić information content (AvgIpc) is 3.08. The summed E-state index contributed by atoms with van der Waals surface area (Å²) in [5.74, 6) is -0.560. The number of halogens is 1. The van der Waals surface area contributed by atoms with Crippen molar-refractivity contribution in [2.75, 3.05) is 18.4 Å². The van der Waals surface area contributed by atoms with Crippen molar-refractivity contribution in [2.45, 2.75) is 25.3 Å². The average molecular weight is 370 g/mol. The first-order chi connectivity index (χ1) is 12.7. The molecule has 1 aliphatic heterocycles. The molecule has 4 rings (SSSR count). The van der Waals surface area contributed by atoms with Gasteiger partial charge in [0.15, 0.2) is 11.6 Å². The molecule has 1 saturated heterocycles. The van der Waals surface area contributed by atoms with Gasteiger partial charge in [-0.25, -0.2) is 9.37 Å². The van der Waals surface area contributed by atoms with Crippen LogP contribution < -0.4 is 10.2 Å². The monoisotopic (exact) mass is 370 g/mol. The molecule has 1 aromatic heterocycles. The molecule has 0 aliphatic carbocycles. The second kappa shape index (κ2) is 7.51. The third kappa shape index (κ3) is 3.61. The zero-order valence-electron chi connectivity index (χ0n) is 14.4. The molecular weight excluding hydrogens is 349 g/mol. The number of aromatic nitrogens is 1. The standard InChI is InChI=1S/C20H20FN3OS/c21-14-7-1-2-8-15(14)22-19(25)13-24-12-6-5-10-17(24)20-23-16-9-3-4-11-18(16)26-20/h1-4,7-9,11,17H,5-6,10,12-13H2,(H,22,25)/p+1/t17-/m0/s1. The van der Waals surface area contributed by atoms with Crippen LogP contribution in [0, 0.1) is 5.82 Å². The van der Waals surface area contributed by atoms with Crippen LogP contribution in [0.15, 0.2) is 48.5 Å². The maximum absolute atomic E-state index is 13.8. The maximum atomic E-state index is 13.8. The van der Waals surface area contributed by atoms with Gasteiger partial charge >= 0.3 is 0 Å². The summed E-state index contributed by atoms with van der Waals surface area (Å²) in [7, 11) is 0. The Kier molecular flexibility index (Phi) is 4.95. The van der Waals surface area contributed by atoms with E-state index in [-0.39, 0.29) is 17.6 Å². The lowest BCUT2D eigenvalue weighted by Gasteiger charge is -2.30. The molecule has 0 bridgehead atoms. The van der Waals surface area contributed by atoms with Gasteiger partial charge in [-0.05, 0) is 37.1 Å². The van der Waals surface area contributed by atoms with Crippen LogP contribution in [0.5, 0.6) is 0 Å². The lowest BCUT2D eigenvalue weighted by Crippen LogP contribution is -3.14. The van der Waals surface area contributed by atoms with E-state index in [9.17, 15) is 9.18 Å². The number of amides is 1. The number of benzene rings is 2. The normalized spacial score (nSPS) is 20.2. The predicted octanol–water partition coefficient (Wildman–Crippen LogP) is 3.18. The van der Waals surface area contributed by atoms with Crippen LogP contribution in [0.25, 0.3) is 10.2 Å².